The van der Waals surface area contributed by atoms with Crippen LogP contribution in [-0.2, 0) is 4.79 Å². The Morgan fingerprint density at radius 1 is 1.28 bits per heavy atom. The van der Waals surface area contributed by atoms with Crippen LogP contribution in [-0.4, -0.2) is 64.9 Å². The van der Waals surface area contributed by atoms with Gasteiger partial charge in [-0.05, 0) is 44.1 Å². The summed E-state index contributed by atoms with van der Waals surface area (Å²) in [6.07, 6.45) is 10.4. The highest BCUT2D eigenvalue weighted by molar-refractivity contribution is 6.18. The molecule has 2 aromatic heterocycles. The van der Waals surface area contributed by atoms with Crippen LogP contribution < -0.4 is 15.4 Å². The van der Waals surface area contributed by atoms with Gasteiger partial charge in [0.15, 0.2) is 5.82 Å². The number of aromatic nitrogens is 3. The zero-order valence-electron chi connectivity index (χ0n) is 17.7. The van der Waals surface area contributed by atoms with E-state index in [1.807, 2.05) is 24.4 Å². The smallest absolute Gasteiger partial charge is 0.260 e. The number of ether oxygens (including phenoxy) is 1. The van der Waals surface area contributed by atoms with Crippen molar-refractivity contribution in [1.82, 2.24) is 25.1 Å². The number of hydrogen-bond acceptors (Lipinski definition) is 8. The van der Waals surface area contributed by atoms with Crippen molar-refractivity contribution in [2.24, 2.45) is 10.1 Å². The number of nitrogens with one attached hydrogen (secondary N) is 2. The molecule has 5 rings (SSSR count). The second-order valence-corrected chi connectivity index (χ2v) is 7.72. The van der Waals surface area contributed by atoms with Gasteiger partial charge < -0.3 is 15.4 Å². The Balaban J connectivity index is 1.47. The summed E-state index contributed by atoms with van der Waals surface area (Å²) in [7, 11) is 1.60. The first-order valence-corrected chi connectivity index (χ1v) is 10.6. The fourth-order valence-corrected chi connectivity index (χ4v) is 3.93. The largest absolute Gasteiger partial charge is 0.495 e. The van der Waals surface area contributed by atoms with Crippen molar-refractivity contribution in [3.63, 3.8) is 0 Å². The van der Waals surface area contributed by atoms with Crippen molar-refractivity contribution < 1.29 is 9.53 Å². The SMILES string of the molecule is COc1ccc(-n2nc(C3CCNCC3)cc2NC(=O)C2=C3CN(C=CC=N3)N=C2)nc1. The minimum absolute atomic E-state index is 0.283. The third kappa shape index (κ3) is 4.04. The molecule has 164 valence electrons. The zero-order chi connectivity index (χ0) is 21.9. The number of hydrazone groups is 1. The lowest BCUT2D eigenvalue weighted by molar-refractivity contribution is -0.112. The highest BCUT2D eigenvalue weighted by atomic mass is 16.5. The maximum absolute atomic E-state index is 13.2. The lowest BCUT2D eigenvalue weighted by Crippen LogP contribution is -2.26. The van der Waals surface area contributed by atoms with Gasteiger partial charge in [0, 0.05) is 24.4 Å². The average Bonchev–Trinajstić information content (AvgIpc) is 3.17. The Bertz CT molecular complexity index is 1120. The number of amides is 1. The Labute approximate surface area is 185 Å². The average molecular weight is 432 g/mol. The zero-order valence-corrected chi connectivity index (χ0v) is 17.7. The summed E-state index contributed by atoms with van der Waals surface area (Å²) in [4.78, 5) is 22.0. The highest BCUT2D eigenvalue weighted by Crippen LogP contribution is 2.28. The summed E-state index contributed by atoms with van der Waals surface area (Å²) in [6, 6.07) is 5.58. The summed E-state index contributed by atoms with van der Waals surface area (Å²) in [5.41, 5.74) is 2.03. The van der Waals surface area contributed by atoms with Gasteiger partial charge in [-0.15, -0.1) is 0 Å². The molecule has 3 aliphatic heterocycles. The lowest BCUT2D eigenvalue weighted by atomic mass is 9.95. The van der Waals surface area contributed by atoms with E-state index in [1.165, 1.54) is 0 Å². The third-order valence-electron chi connectivity index (χ3n) is 5.68. The Morgan fingerprint density at radius 2 is 2.16 bits per heavy atom. The highest BCUT2D eigenvalue weighted by Gasteiger charge is 2.24. The van der Waals surface area contributed by atoms with E-state index in [2.05, 4.69) is 25.7 Å². The van der Waals surface area contributed by atoms with E-state index in [-0.39, 0.29) is 5.91 Å². The summed E-state index contributed by atoms with van der Waals surface area (Å²) in [5.74, 6) is 1.85. The van der Waals surface area contributed by atoms with E-state index < -0.39 is 0 Å². The van der Waals surface area contributed by atoms with Crippen molar-refractivity contribution in [3.8, 4) is 11.6 Å². The van der Waals surface area contributed by atoms with Crippen LogP contribution >= 0.6 is 0 Å². The van der Waals surface area contributed by atoms with E-state index in [4.69, 9.17) is 9.84 Å². The fourth-order valence-electron chi connectivity index (χ4n) is 3.93. The van der Waals surface area contributed by atoms with Crippen LogP contribution in [0.15, 0.2) is 58.0 Å². The molecule has 1 fully saturated rings. The van der Waals surface area contributed by atoms with Crippen molar-refractivity contribution in [2.75, 3.05) is 32.1 Å². The number of anilines is 1. The number of piperidine rings is 1. The summed E-state index contributed by atoms with van der Waals surface area (Å²) in [5, 5.41) is 17.2. The molecule has 0 aromatic carbocycles. The molecule has 10 nitrogen and oxygen atoms in total. The van der Waals surface area contributed by atoms with Gasteiger partial charge in [0.25, 0.3) is 5.91 Å². The van der Waals surface area contributed by atoms with Crippen LogP contribution in [0.3, 0.4) is 0 Å². The molecule has 0 atom stereocenters. The van der Waals surface area contributed by atoms with Crippen LogP contribution in [0.25, 0.3) is 5.82 Å². The molecular weight excluding hydrogens is 408 g/mol. The maximum atomic E-state index is 13.2. The first-order chi connectivity index (χ1) is 15.7. The number of fused-ring (bicyclic) bond motifs is 2. The molecule has 0 spiro atoms. The minimum atomic E-state index is -0.283. The van der Waals surface area contributed by atoms with Crippen molar-refractivity contribution in [3.05, 3.63) is 53.6 Å². The topological polar surface area (TPSA) is 109 Å². The molecule has 1 amide bonds. The number of nitrogens with zero attached hydrogens (tertiary/aromatic N) is 6. The number of pyridine rings is 1. The van der Waals surface area contributed by atoms with Crippen LogP contribution in [0.1, 0.15) is 24.5 Å². The van der Waals surface area contributed by atoms with Crippen LogP contribution in [0.5, 0.6) is 5.75 Å². The van der Waals surface area contributed by atoms with Gasteiger partial charge in [-0.25, -0.2) is 4.98 Å². The monoisotopic (exact) mass is 432 g/mol. The minimum Gasteiger partial charge on any atom is -0.495 e. The van der Waals surface area contributed by atoms with Crippen molar-refractivity contribution >= 4 is 24.2 Å². The molecular formula is C22H24N8O2. The molecule has 0 radical (unpaired) electrons. The first kappa shape index (κ1) is 20.1. The van der Waals surface area contributed by atoms with Gasteiger partial charge in [-0.3, -0.25) is 14.8 Å². The number of carbonyl (C=O) groups is 1. The molecule has 10 heteroatoms. The van der Waals surface area contributed by atoms with Crippen LogP contribution in [0.4, 0.5) is 5.82 Å². The number of carbonyl (C=O) groups excluding carboxylic acids is 1. The Morgan fingerprint density at radius 3 is 2.94 bits per heavy atom. The third-order valence-corrected chi connectivity index (χ3v) is 5.68. The molecule has 5 heterocycles. The van der Waals surface area contributed by atoms with E-state index in [0.29, 0.717) is 41.1 Å². The molecule has 0 aliphatic carbocycles. The Hall–Kier alpha value is -3.79. The number of hydrogen-bond donors (Lipinski definition) is 2. The summed E-state index contributed by atoms with van der Waals surface area (Å²) in [6.45, 7) is 2.36. The van der Waals surface area contributed by atoms with Gasteiger partial charge in [0.05, 0.1) is 43.0 Å². The van der Waals surface area contributed by atoms with Gasteiger partial charge in [0.1, 0.15) is 11.6 Å². The molecule has 0 saturated carbocycles. The maximum Gasteiger partial charge on any atom is 0.260 e. The first-order valence-electron chi connectivity index (χ1n) is 10.6. The Kier molecular flexibility index (Phi) is 5.51. The fraction of sp³-hybridized carbons (Fsp3) is 0.318. The molecule has 32 heavy (non-hydrogen) atoms. The van der Waals surface area contributed by atoms with E-state index in [1.54, 1.807) is 41.5 Å². The second kappa shape index (κ2) is 8.75. The summed E-state index contributed by atoms with van der Waals surface area (Å²) >= 11 is 0. The van der Waals surface area contributed by atoms with Gasteiger partial charge in [-0.2, -0.15) is 14.9 Å². The predicted octanol–water partition coefficient (Wildman–Crippen LogP) is 1.83. The summed E-state index contributed by atoms with van der Waals surface area (Å²) < 4.78 is 6.89. The standard InChI is InChI=1S/C22H24N8O2/c1-32-16-3-4-20(25-12-16)30-21(11-18(28-30)15-5-8-23-9-6-15)27-22(31)17-13-26-29-10-2-7-24-19(17)14-29/h2-4,7,10-13,15,23H,5-6,8-9,14H2,1H3,(H,27,31). The number of rotatable bonds is 5. The van der Waals surface area contributed by atoms with Gasteiger partial charge in [0.2, 0.25) is 0 Å². The molecule has 1 saturated heterocycles. The predicted molar refractivity (Wildman–Crippen MR) is 121 cm³/mol. The number of aliphatic imine (C=N–C) groups is 1. The quantitative estimate of drug-likeness (QED) is 0.746. The lowest BCUT2D eigenvalue weighted by Gasteiger charge is -2.20. The van der Waals surface area contributed by atoms with Crippen molar-refractivity contribution in [2.45, 2.75) is 18.8 Å². The molecule has 2 aromatic rings. The molecule has 2 bridgehead atoms. The van der Waals surface area contributed by atoms with Crippen molar-refractivity contribution in [1.29, 1.82) is 0 Å². The number of allylic oxidation sites excluding steroid dienone is 1. The van der Waals surface area contributed by atoms with E-state index in [0.717, 1.165) is 31.6 Å². The van der Waals surface area contributed by atoms with Gasteiger partial charge in [-0.1, -0.05) is 0 Å². The normalized spacial score (nSPS) is 18.1. The number of methoxy groups -OCH3 is 1. The van der Waals surface area contributed by atoms with E-state index >= 15 is 0 Å². The molecule has 0 unspecified atom stereocenters. The molecule has 2 N–H and O–H groups in total. The molecule has 3 aliphatic rings. The van der Waals surface area contributed by atoms with Crippen LogP contribution in [0, 0.1) is 0 Å². The van der Waals surface area contributed by atoms with Crippen LogP contribution in [0.2, 0.25) is 0 Å². The van der Waals surface area contributed by atoms with Gasteiger partial charge >= 0.3 is 0 Å². The second-order valence-electron chi connectivity index (χ2n) is 7.72. The van der Waals surface area contributed by atoms with E-state index in [9.17, 15) is 4.79 Å².